The molecule has 5 nitrogen and oxygen atoms in total. The Labute approximate surface area is 108 Å². The first-order chi connectivity index (χ1) is 8.32. The third kappa shape index (κ3) is 3.57. The maximum Gasteiger partial charge on any atom is 0.239 e. The fourth-order valence-electron chi connectivity index (χ4n) is 1.93. The molecular weight excluding hydrogens is 230 g/mol. The number of carbonyl (C=O) groups excluding carboxylic acids is 1. The number of aromatic nitrogens is 1. The second kappa shape index (κ2) is 6.00. The van der Waals surface area contributed by atoms with E-state index < -0.39 is 6.04 Å². The van der Waals surface area contributed by atoms with Crippen LogP contribution < -0.4 is 5.73 Å². The fraction of sp³-hybridized carbons (Fsp3) is 0.692. The van der Waals surface area contributed by atoms with Crippen LogP contribution in [0.1, 0.15) is 37.3 Å². The maximum absolute atomic E-state index is 12.1. The zero-order valence-corrected chi connectivity index (χ0v) is 11.9. The first kappa shape index (κ1) is 14.7. The van der Waals surface area contributed by atoms with Gasteiger partial charge in [0.05, 0.1) is 18.3 Å². The maximum atomic E-state index is 12.1. The van der Waals surface area contributed by atoms with E-state index in [-0.39, 0.29) is 5.91 Å². The molecular formula is C13H23N3O2. The van der Waals surface area contributed by atoms with Crippen LogP contribution in [-0.4, -0.2) is 29.1 Å². The zero-order valence-electron chi connectivity index (χ0n) is 11.9. The van der Waals surface area contributed by atoms with Crippen LogP contribution in [0.2, 0.25) is 0 Å². The highest BCUT2D eigenvalue weighted by Gasteiger charge is 2.21. The van der Waals surface area contributed by atoms with Gasteiger partial charge in [-0.2, -0.15) is 0 Å². The molecule has 0 bridgehead atoms. The highest BCUT2D eigenvalue weighted by Crippen LogP contribution is 2.15. The molecule has 1 heterocycles. The van der Waals surface area contributed by atoms with Gasteiger partial charge in [-0.1, -0.05) is 19.0 Å². The monoisotopic (exact) mass is 253 g/mol. The second-order valence-corrected chi connectivity index (χ2v) is 5.23. The Morgan fingerprint density at radius 3 is 2.50 bits per heavy atom. The van der Waals surface area contributed by atoms with Gasteiger partial charge in [0.1, 0.15) is 5.76 Å². The zero-order chi connectivity index (χ0) is 13.9. The number of rotatable bonds is 5. The number of aryl methyl sites for hydroxylation is 2. The summed E-state index contributed by atoms with van der Waals surface area (Å²) in [7, 11) is 1.76. The summed E-state index contributed by atoms with van der Waals surface area (Å²) >= 11 is 0. The van der Waals surface area contributed by atoms with E-state index in [0.717, 1.165) is 17.0 Å². The number of likely N-dealkylation sites (N-methyl/N-ethyl adjacent to an activating group) is 1. The number of nitrogens with zero attached hydrogens (tertiary/aromatic N) is 2. The van der Waals surface area contributed by atoms with E-state index in [1.807, 2.05) is 13.8 Å². The van der Waals surface area contributed by atoms with Crippen LogP contribution >= 0.6 is 0 Å². The smallest absolute Gasteiger partial charge is 0.239 e. The van der Waals surface area contributed by atoms with E-state index in [1.54, 1.807) is 11.9 Å². The topological polar surface area (TPSA) is 72.4 Å². The summed E-state index contributed by atoms with van der Waals surface area (Å²) in [5, 5.41) is 3.88. The molecule has 0 aromatic carbocycles. The molecule has 0 saturated carbocycles. The number of hydrogen-bond acceptors (Lipinski definition) is 4. The van der Waals surface area contributed by atoms with Crippen molar-refractivity contribution in [2.75, 3.05) is 7.05 Å². The van der Waals surface area contributed by atoms with Crippen LogP contribution in [0.3, 0.4) is 0 Å². The summed E-state index contributed by atoms with van der Waals surface area (Å²) in [6.07, 6.45) is 0.699. The first-order valence-corrected chi connectivity index (χ1v) is 6.25. The molecule has 2 N–H and O–H groups in total. The van der Waals surface area contributed by atoms with E-state index in [4.69, 9.17) is 10.3 Å². The highest BCUT2D eigenvalue weighted by molar-refractivity contribution is 5.81. The lowest BCUT2D eigenvalue weighted by atomic mass is 10.0. The molecule has 0 aliphatic rings. The summed E-state index contributed by atoms with van der Waals surface area (Å²) < 4.78 is 5.08. The van der Waals surface area contributed by atoms with Crippen molar-refractivity contribution in [2.24, 2.45) is 11.7 Å². The molecule has 1 aromatic heterocycles. The van der Waals surface area contributed by atoms with Crippen molar-refractivity contribution in [3.05, 3.63) is 17.0 Å². The van der Waals surface area contributed by atoms with Gasteiger partial charge in [-0.3, -0.25) is 4.79 Å². The molecule has 1 rings (SSSR count). The van der Waals surface area contributed by atoms with Crippen molar-refractivity contribution in [3.63, 3.8) is 0 Å². The standard InChI is InChI=1S/C13H23N3O2/c1-8(2)6-12(14)13(17)16(5)7-11-9(3)15-18-10(11)4/h8,12H,6-7,14H2,1-5H3. The van der Waals surface area contributed by atoms with Gasteiger partial charge in [-0.25, -0.2) is 0 Å². The van der Waals surface area contributed by atoms with E-state index in [0.29, 0.717) is 18.9 Å². The van der Waals surface area contributed by atoms with Crippen LogP contribution in [0.15, 0.2) is 4.52 Å². The lowest BCUT2D eigenvalue weighted by Crippen LogP contribution is -2.42. The minimum atomic E-state index is -0.435. The van der Waals surface area contributed by atoms with Gasteiger partial charge in [0, 0.05) is 12.6 Å². The third-order valence-corrected chi connectivity index (χ3v) is 3.00. The SMILES string of the molecule is Cc1noc(C)c1CN(C)C(=O)C(N)CC(C)C. The highest BCUT2D eigenvalue weighted by atomic mass is 16.5. The van der Waals surface area contributed by atoms with Gasteiger partial charge in [-0.15, -0.1) is 0 Å². The molecule has 0 aliphatic carbocycles. The molecule has 5 heteroatoms. The number of nitrogens with two attached hydrogens (primary N) is 1. The molecule has 1 atom stereocenters. The molecule has 0 fully saturated rings. The van der Waals surface area contributed by atoms with Crippen LogP contribution in [-0.2, 0) is 11.3 Å². The summed E-state index contributed by atoms with van der Waals surface area (Å²) in [5.41, 5.74) is 7.68. The summed E-state index contributed by atoms with van der Waals surface area (Å²) in [6.45, 7) is 8.33. The number of carbonyl (C=O) groups is 1. The predicted molar refractivity (Wildman–Crippen MR) is 69.9 cm³/mol. The van der Waals surface area contributed by atoms with Crippen LogP contribution in [0.25, 0.3) is 0 Å². The number of hydrogen-bond donors (Lipinski definition) is 1. The van der Waals surface area contributed by atoms with Crippen molar-refractivity contribution in [1.82, 2.24) is 10.1 Å². The molecule has 18 heavy (non-hydrogen) atoms. The van der Waals surface area contributed by atoms with E-state index >= 15 is 0 Å². The lowest BCUT2D eigenvalue weighted by Gasteiger charge is -2.22. The Morgan fingerprint density at radius 2 is 2.06 bits per heavy atom. The predicted octanol–water partition coefficient (Wildman–Crippen LogP) is 1.62. The van der Waals surface area contributed by atoms with Gasteiger partial charge < -0.3 is 15.2 Å². The van der Waals surface area contributed by atoms with Crippen molar-refractivity contribution in [3.8, 4) is 0 Å². The van der Waals surface area contributed by atoms with Crippen LogP contribution in [0.5, 0.6) is 0 Å². The van der Waals surface area contributed by atoms with Gasteiger partial charge in [0.15, 0.2) is 0 Å². The molecule has 0 saturated heterocycles. The van der Waals surface area contributed by atoms with Crippen molar-refractivity contribution in [2.45, 2.75) is 46.7 Å². The largest absolute Gasteiger partial charge is 0.361 e. The minimum absolute atomic E-state index is 0.0382. The van der Waals surface area contributed by atoms with E-state index in [9.17, 15) is 4.79 Å². The van der Waals surface area contributed by atoms with E-state index in [1.165, 1.54) is 0 Å². The summed E-state index contributed by atoms with van der Waals surface area (Å²) in [5.74, 6) is 1.13. The molecule has 0 radical (unpaired) electrons. The van der Waals surface area contributed by atoms with Gasteiger partial charge in [0.2, 0.25) is 5.91 Å². The average Bonchev–Trinajstić information content (AvgIpc) is 2.58. The quantitative estimate of drug-likeness (QED) is 0.865. The number of amides is 1. The molecule has 1 aromatic rings. The van der Waals surface area contributed by atoms with E-state index in [2.05, 4.69) is 19.0 Å². The van der Waals surface area contributed by atoms with Gasteiger partial charge in [0.25, 0.3) is 0 Å². The molecule has 0 spiro atoms. The van der Waals surface area contributed by atoms with Crippen LogP contribution in [0.4, 0.5) is 0 Å². The Balaban J connectivity index is 2.65. The Morgan fingerprint density at radius 1 is 1.44 bits per heavy atom. The summed E-state index contributed by atoms with van der Waals surface area (Å²) in [4.78, 5) is 13.7. The van der Waals surface area contributed by atoms with Crippen molar-refractivity contribution in [1.29, 1.82) is 0 Å². The first-order valence-electron chi connectivity index (χ1n) is 6.25. The Kier molecular flexibility index (Phi) is 4.90. The minimum Gasteiger partial charge on any atom is -0.361 e. The third-order valence-electron chi connectivity index (χ3n) is 3.00. The molecule has 102 valence electrons. The molecule has 1 unspecified atom stereocenters. The normalized spacial score (nSPS) is 12.8. The van der Waals surface area contributed by atoms with Crippen molar-refractivity contribution < 1.29 is 9.32 Å². The average molecular weight is 253 g/mol. The van der Waals surface area contributed by atoms with Crippen LogP contribution in [0, 0.1) is 19.8 Å². The lowest BCUT2D eigenvalue weighted by molar-refractivity contribution is -0.132. The Hall–Kier alpha value is -1.36. The molecule has 1 amide bonds. The summed E-state index contributed by atoms with van der Waals surface area (Å²) in [6, 6.07) is -0.435. The molecule has 0 aliphatic heterocycles. The fourth-order valence-corrected chi connectivity index (χ4v) is 1.93. The second-order valence-electron chi connectivity index (χ2n) is 5.23. The Bertz CT molecular complexity index is 393. The van der Waals surface area contributed by atoms with Gasteiger partial charge in [-0.05, 0) is 26.2 Å². The van der Waals surface area contributed by atoms with Crippen molar-refractivity contribution >= 4 is 5.91 Å². The van der Waals surface area contributed by atoms with Gasteiger partial charge >= 0.3 is 0 Å².